The first-order chi connectivity index (χ1) is 11.4. The molecule has 0 saturated heterocycles. The molecule has 0 heterocycles. The van der Waals surface area contributed by atoms with Crippen LogP contribution in [0.5, 0.6) is 0 Å². The van der Waals surface area contributed by atoms with E-state index in [1.807, 2.05) is 30.3 Å². The van der Waals surface area contributed by atoms with Gasteiger partial charge in [0.2, 0.25) is 0 Å². The smallest absolute Gasteiger partial charge is 0.258 e. The standard InChI is InChI=1S/C16H15N3O4S/c1-13(7-8-14-5-3-2-4-6-14)17-18-24(22,23)16-11-9-15(10-12-16)19(20)21/h2-12,18H,1H3/b8-7+,17-13-. The molecule has 2 aromatic rings. The minimum atomic E-state index is -3.87. The SMILES string of the molecule is CC(/C=C/c1ccccc1)=N/NS(=O)(=O)c1ccc([N+](=O)[O-])cc1. The van der Waals surface area contributed by atoms with Crippen molar-refractivity contribution in [1.82, 2.24) is 4.83 Å². The number of hydrogen-bond donors (Lipinski definition) is 1. The Labute approximate surface area is 139 Å². The summed E-state index contributed by atoms with van der Waals surface area (Å²) in [5, 5.41) is 14.4. The lowest BCUT2D eigenvalue weighted by molar-refractivity contribution is -0.384. The molecule has 0 atom stereocenters. The highest BCUT2D eigenvalue weighted by molar-refractivity contribution is 7.89. The first-order valence-electron chi connectivity index (χ1n) is 6.92. The first kappa shape index (κ1) is 17.4. The van der Waals surface area contributed by atoms with E-state index in [-0.39, 0.29) is 10.6 Å². The Bertz CT molecular complexity index is 873. The second-order valence-corrected chi connectivity index (χ2v) is 6.50. The summed E-state index contributed by atoms with van der Waals surface area (Å²) in [5.74, 6) is 0. The van der Waals surface area contributed by atoms with Crippen LogP contribution in [-0.4, -0.2) is 19.1 Å². The third-order valence-corrected chi connectivity index (χ3v) is 4.24. The predicted molar refractivity (Wildman–Crippen MR) is 92.0 cm³/mol. The Morgan fingerprint density at radius 2 is 1.75 bits per heavy atom. The zero-order chi connectivity index (χ0) is 17.6. The normalized spacial score (nSPS) is 12.3. The lowest BCUT2D eigenvalue weighted by atomic mass is 10.2. The van der Waals surface area contributed by atoms with Gasteiger partial charge >= 0.3 is 0 Å². The van der Waals surface area contributed by atoms with Crippen LogP contribution in [-0.2, 0) is 10.0 Å². The van der Waals surface area contributed by atoms with Crippen LogP contribution in [0.4, 0.5) is 5.69 Å². The molecule has 2 aromatic carbocycles. The Balaban J connectivity index is 2.08. The van der Waals surface area contributed by atoms with Crippen LogP contribution in [0.1, 0.15) is 12.5 Å². The van der Waals surface area contributed by atoms with Crippen LogP contribution < -0.4 is 4.83 Å². The summed E-state index contributed by atoms with van der Waals surface area (Å²) in [6.45, 7) is 1.65. The quantitative estimate of drug-likeness (QED) is 0.494. The Hall–Kier alpha value is -3.00. The van der Waals surface area contributed by atoms with Crippen LogP contribution in [0, 0.1) is 10.1 Å². The molecule has 0 fully saturated rings. The van der Waals surface area contributed by atoms with Crippen molar-refractivity contribution in [2.45, 2.75) is 11.8 Å². The lowest BCUT2D eigenvalue weighted by Gasteiger charge is -2.03. The predicted octanol–water partition coefficient (Wildman–Crippen LogP) is 2.96. The highest BCUT2D eigenvalue weighted by atomic mass is 32.2. The zero-order valence-electron chi connectivity index (χ0n) is 12.8. The van der Waals surface area contributed by atoms with Gasteiger partial charge in [-0.3, -0.25) is 10.1 Å². The van der Waals surface area contributed by atoms with Crippen molar-refractivity contribution in [1.29, 1.82) is 0 Å². The van der Waals surface area contributed by atoms with Crippen molar-refractivity contribution in [2.24, 2.45) is 5.10 Å². The van der Waals surface area contributed by atoms with Gasteiger partial charge in [-0.05, 0) is 30.7 Å². The van der Waals surface area contributed by atoms with Crippen molar-refractivity contribution >= 4 is 27.5 Å². The van der Waals surface area contributed by atoms with Gasteiger partial charge in [-0.2, -0.15) is 18.4 Å². The second kappa shape index (κ2) is 7.51. The van der Waals surface area contributed by atoms with E-state index in [1.165, 1.54) is 0 Å². The van der Waals surface area contributed by atoms with E-state index < -0.39 is 14.9 Å². The highest BCUT2D eigenvalue weighted by Gasteiger charge is 2.14. The maximum Gasteiger partial charge on any atom is 0.276 e. The van der Waals surface area contributed by atoms with Crippen molar-refractivity contribution in [3.8, 4) is 0 Å². The molecular weight excluding hydrogens is 330 g/mol. The fraction of sp³-hybridized carbons (Fsp3) is 0.0625. The molecule has 24 heavy (non-hydrogen) atoms. The van der Waals surface area contributed by atoms with Crippen molar-refractivity contribution in [3.05, 3.63) is 76.4 Å². The maximum absolute atomic E-state index is 12.1. The van der Waals surface area contributed by atoms with Gasteiger partial charge in [0.25, 0.3) is 15.7 Å². The molecule has 7 nitrogen and oxygen atoms in total. The molecule has 0 amide bonds. The number of nitro benzene ring substituents is 1. The fourth-order valence-electron chi connectivity index (χ4n) is 1.75. The van der Waals surface area contributed by atoms with Gasteiger partial charge in [-0.25, -0.2) is 0 Å². The molecular formula is C16H15N3O4S. The molecule has 0 aromatic heterocycles. The van der Waals surface area contributed by atoms with E-state index >= 15 is 0 Å². The van der Waals surface area contributed by atoms with E-state index in [2.05, 4.69) is 9.93 Å². The number of sulfonamides is 1. The van der Waals surface area contributed by atoms with E-state index in [0.717, 1.165) is 29.8 Å². The second-order valence-electron chi connectivity index (χ2n) is 4.84. The third kappa shape index (κ3) is 4.75. The molecule has 0 aliphatic heterocycles. The van der Waals surface area contributed by atoms with Crippen molar-refractivity contribution in [2.75, 3.05) is 0 Å². The lowest BCUT2D eigenvalue weighted by Crippen LogP contribution is -2.19. The van der Waals surface area contributed by atoms with Gasteiger partial charge in [-0.15, -0.1) is 0 Å². The number of nitro groups is 1. The largest absolute Gasteiger partial charge is 0.276 e. The van der Waals surface area contributed by atoms with Crippen LogP contribution >= 0.6 is 0 Å². The van der Waals surface area contributed by atoms with Crippen LogP contribution in [0.2, 0.25) is 0 Å². The number of allylic oxidation sites excluding steroid dienone is 1. The van der Waals surface area contributed by atoms with Crippen LogP contribution in [0.3, 0.4) is 0 Å². The van der Waals surface area contributed by atoms with E-state index in [1.54, 1.807) is 19.1 Å². The summed E-state index contributed by atoms with van der Waals surface area (Å²) in [6, 6.07) is 14.1. The molecule has 2 rings (SSSR count). The number of hydrazone groups is 1. The number of non-ortho nitro benzene ring substituents is 1. The fourth-order valence-corrected chi connectivity index (χ4v) is 2.61. The average molecular weight is 345 g/mol. The number of nitrogens with zero attached hydrogens (tertiary/aromatic N) is 2. The van der Waals surface area contributed by atoms with E-state index in [4.69, 9.17) is 0 Å². The van der Waals surface area contributed by atoms with Crippen molar-refractivity contribution < 1.29 is 13.3 Å². The highest BCUT2D eigenvalue weighted by Crippen LogP contribution is 2.15. The van der Waals surface area contributed by atoms with Crippen LogP contribution in [0.25, 0.3) is 6.08 Å². The Morgan fingerprint density at radius 1 is 1.12 bits per heavy atom. The zero-order valence-corrected chi connectivity index (χ0v) is 13.6. The third-order valence-electron chi connectivity index (χ3n) is 3.02. The van der Waals surface area contributed by atoms with Gasteiger partial charge < -0.3 is 0 Å². The van der Waals surface area contributed by atoms with Crippen LogP contribution in [0.15, 0.2) is 70.7 Å². The molecule has 0 aliphatic rings. The van der Waals surface area contributed by atoms with E-state index in [9.17, 15) is 18.5 Å². The molecule has 0 saturated carbocycles. The molecule has 0 unspecified atom stereocenters. The van der Waals surface area contributed by atoms with Gasteiger partial charge in [0, 0.05) is 12.1 Å². The molecule has 0 spiro atoms. The number of benzene rings is 2. The van der Waals surface area contributed by atoms with E-state index in [0.29, 0.717) is 5.71 Å². The summed E-state index contributed by atoms with van der Waals surface area (Å²) in [5.41, 5.74) is 1.24. The summed E-state index contributed by atoms with van der Waals surface area (Å²) in [4.78, 5) is 12.0. The number of hydrogen-bond acceptors (Lipinski definition) is 5. The maximum atomic E-state index is 12.1. The monoisotopic (exact) mass is 345 g/mol. The van der Waals surface area contributed by atoms with Gasteiger partial charge in [0.15, 0.2) is 0 Å². The number of nitrogens with one attached hydrogen (secondary N) is 1. The van der Waals surface area contributed by atoms with Gasteiger partial charge in [0.1, 0.15) is 0 Å². The molecule has 0 bridgehead atoms. The molecule has 8 heteroatoms. The van der Waals surface area contributed by atoms with Gasteiger partial charge in [-0.1, -0.05) is 36.4 Å². The minimum absolute atomic E-state index is 0.100. The van der Waals surface area contributed by atoms with Crippen molar-refractivity contribution in [3.63, 3.8) is 0 Å². The molecule has 124 valence electrons. The first-order valence-corrected chi connectivity index (χ1v) is 8.40. The molecule has 0 aliphatic carbocycles. The van der Waals surface area contributed by atoms with Gasteiger partial charge in [0.05, 0.1) is 15.5 Å². The molecule has 1 N–H and O–H groups in total. The molecule has 0 radical (unpaired) electrons. The summed E-state index contributed by atoms with van der Waals surface area (Å²) < 4.78 is 24.2. The Kier molecular flexibility index (Phi) is 5.43. The summed E-state index contributed by atoms with van der Waals surface area (Å²) >= 11 is 0. The average Bonchev–Trinajstić information content (AvgIpc) is 2.59. The minimum Gasteiger partial charge on any atom is -0.258 e. The topological polar surface area (TPSA) is 102 Å². The summed E-state index contributed by atoms with van der Waals surface area (Å²) in [6.07, 6.45) is 3.48. The number of rotatable bonds is 6. The Morgan fingerprint density at radius 3 is 2.33 bits per heavy atom. The summed E-state index contributed by atoms with van der Waals surface area (Å²) in [7, 11) is -3.87.